The van der Waals surface area contributed by atoms with Gasteiger partial charge in [0.05, 0.1) is 0 Å². The van der Waals surface area contributed by atoms with Gasteiger partial charge in [0.15, 0.2) is 0 Å². The van der Waals surface area contributed by atoms with Gasteiger partial charge in [-0.3, -0.25) is 4.90 Å². The first kappa shape index (κ1) is 12.7. The van der Waals surface area contributed by atoms with E-state index in [1.807, 2.05) is 11.8 Å². The highest BCUT2D eigenvalue weighted by atomic mass is 32.2. The minimum Gasteiger partial charge on any atom is -0.309 e. The third-order valence-corrected chi connectivity index (χ3v) is 4.71. The average Bonchev–Trinajstić information content (AvgIpc) is 3.03. The second-order valence-electron chi connectivity index (χ2n) is 5.44. The summed E-state index contributed by atoms with van der Waals surface area (Å²) in [5.41, 5.74) is 0. The van der Waals surface area contributed by atoms with Gasteiger partial charge in [0.2, 0.25) is 0 Å². The molecule has 2 nitrogen and oxygen atoms in total. The van der Waals surface area contributed by atoms with Crippen LogP contribution in [0.2, 0.25) is 0 Å². The zero-order chi connectivity index (χ0) is 11.5. The topological polar surface area (TPSA) is 15.3 Å². The van der Waals surface area contributed by atoms with Gasteiger partial charge in [-0.2, -0.15) is 11.8 Å². The van der Waals surface area contributed by atoms with Crippen molar-refractivity contribution in [3.05, 3.63) is 0 Å². The van der Waals surface area contributed by atoms with Crippen molar-refractivity contribution in [2.75, 3.05) is 18.6 Å². The van der Waals surface area contributed by atoms with Crippen molar-refractivity contribution < 1.29 is 0 Å². The zero-order valence-electron chi connectivity index (χ0n) is 10.9. The fraction of sp³-hybridized carbons (Fsp3) is 1.00. The average molecular weight is 242 g/mol. The van der Waals surface area contributed by atoms with Crippen LogP contribution in [0.5, 0.6) is 0 Å². The minimum absolute atomic E-state index is 0.714. The molecule has 0 aromatic rings. The summed E-state index contributed by atoms with van der Waals surface area (Å²) in [5.74, 6) is 1.25. The highest BCUT2D eigenvalue weighted by Gasteiger charge is 2.38. The predicted octanol–water partition coefficient (Wildman–Crippen LogP) is 2.34. The van der Waals surface area contributed by atoms with Crippen molar-refractivity contribution in [1.82, 2.24) is 10.2 Å². The lowest BCUT2D eigenvalue weighted by Gasteiger charge is -2.22. The Morgan fingerprint density at radius 1 is 1.44 bits per heavy atom. The molecule has 3 unspecified atom stereocenters. The minimum atomic E-state index is 0.714. The quantitative estimate of drug-likeness (QED) is 0.770. The van der Waals surface area contributed by atoms with Crippen molar-refractivity contribution in [3.8, 4) is 0 Å². The van der Waals surface area contributed by atoms with E-state index in [1.54, 1.807) is 0 Å². The molecule has 0 bridgehead atoms. The molecule has 94 valence electrons. The largest absolute Gasteiger partial charge is 0.309 e. The second kappa shape index (κ2) is 5.74. The van der Waals surface area contributed by atoms with Crippen LogP contribution in [0.25, 0.3) is 0 Å². The molecule has 1 aliphatic carbocycles. The van der Waals surface area contributed by atoms with E-state index in [-0.39, 0.29) is 0 Å². The molecule has 1 saturated carbocycles. The molecule has 2 rings (SSSR count). The van der Waals surface area contributed by atoms with E-state index in [0.29, 0.717) is 6.04 Å². The Kier molecular flexibility index (Phi) is 4.57. The lowest BCUT2D eigenvalue weighted by Crippen LogP contribution is -2.41. The van der Waals surface area contributed by atoms with Gasteiger partial charge >= 0.3 is 0 Å². The smallest absolute Gasteiger partial charge is 0.0212 e. The molecule has 1 aliphatic heterocycles. The van der Waals surface area contributed by atoms with E-state index in [9.17, 15) is 0 Å². The summed E-state index contributed by atoms with van der Waals surface area (Å²) in [6.07, 6.45) is 7.70. The molecule has 1 heterocycles. The number of thioether (sulfide) groups is 1. The maximum Gasteiger partial charge on any atom is 0.0212 e. The monoisotopic (exact) mass is 242 g/mol. The fourth-order valence-corrected chi connectivity index (χ4v) is 3.64. The summed E-state index contributed by atoms with van der Waals surface area (Å²) >= 11 is 1.96. The normalized spacial score (nSPS) is 33.2. The van der Waals surface area contributed by atoms with Crippen molar-refractivity contribution >= 4 is 11.8 Å². The maximum atomic E-state index is 3.85. The summed E-state index contributed by atoms with van der Waals surface area (Å²) < 4.78 is 0. The third kappa shape index (κ3) is 3.14. The second-order valence-corrected chi connectivity index (χ2v) is 6.35. The predicted molar refractivity (Wildman–Crippen MR) is 73.2 cm³/mol. The standard InChI is InChI=1S/C13H26N2S/c1-4-11(9-16-3)14-12-7-10(2)15(8-12)13-5-6-13/h10-14H,4-9H2,1-3H3. The van der Waals surface area contributed by atoms with Gasteiger partial charge in [-0.1, -0.05) is 6.92 Å². The lowest BCUT2D eigenvalue weighted by atomic mass is 10.1. The zero-order valence-corrected chi connectivity index (χ0v) is 11.7. The van der Waals surface area contributed by atoms with Gasteiger partial charge in [0, 0.05) is 36.5 Å². The Labute approximate surface area is 105 Å². The van der Waals surface area contributed by atoms with Gasteiger partial charge in [-0.15, -0.1) is 0 Å². The van der Waals surface area contributed by atoms with Gasteiger partial charge < -0.3 is 5.32 Å². The molecule has 2 fully saturated rings. The molecule has 1 N–H and O–H groups in total. The van der Waals surface area contributed by atoms with E-state index in [0.717, 1.165) is 18.1 Å². The van der Waals surface area contributed by atoms with Gasteiger partial charge in [-0.25, -0.2) is 0 Å². The molecule has 0 radical (unpaired) electrons. The lowest BCUT2D eigenvalue weighted by molar-refractivity contribution is 0.254. The molecule has 3 heteroatoms. The highest BCUT2D eigenvalue weighted by molar-refractivity contribution is 7.98. The van der Waals surface area contributed by atoms with E-state index in [4.69, 9.17) is 0 Å². The molecule has 2 aliphatic rings. The summed E-state index contributed by atoms with van der Waals surface area (Å²) in [6, 6.07) is 3.19. The Balaban J connectivity index is 1.77. The third-order valence-electron chi connectivity index (χ3n) is 3.97. The fourth-order valence-electron chi connectivity index (χ4n) is 2.91. The Morgan fingerprint density at radius 3 is 2.75 bits per heavy atom. The van der Waals surface area contributed by atoms with Crippen LogP contribution in [0.1, 0.15) is 39.5 Å². The Bertz CT molecular complexity index is 218. The first-order chi connectivity index (χ1) is 7.74. The molecular weight excluding hydrogens is 216 g/mol. The van der Waals surface area contributed by atoms with Crippen LogP contribution in [0.4, 0.5) is 0 Å². The van der Waals surface area contributed by atoms with E-state index in [1.165, 1.54) is 38.0 Å². The molecular formula is C13H26N2S. The van der Waals surface area contributed by atoms with E-state index >= 15 is 0 Å². The highest BCUT2D eigenvalue weighted by Crippen LogP contribution is 2.33. The summed E-state index contributed by atoms with van der Waals surface area (Å²) in [4.78, 5) is 2.73. The molecule has 0 aromatic carbocycles. The van der Waals surface area contributed by atoms with Crippen molar-refractivity contribution in [1.29, 1.82) is 0 Å². The van der Waals surface area contributed by atoms with Crippen LogP contribution in [0, 0.1) is 0 Å². The molecule has 0 aromatic heterocycles. The molecule has 16 heavy (non-hydrogen) atoms. The van der Waals surface area contributed by atoms with Crippen molar-refractivity contribution in [2.24, 2.45) is 0 Å². The first-order valence-electron chi connectivity index (χ1n) is 6.75. The molecule has 0 spiro atoms. The van der Waals surface area contributed by atoms with Gasteiger partial charge in [0.25, 0.3) is 0 Å². The number of hydrogen-bond donors (Lipinski definition) is 1. The van der Waals surface area contributed by atoms with Crippen LogP contribution >= 0.6 is 11.8 Å². The van der Waals surface area contributed by atoms with Crippen molar-refractivity contribution in [2.45, 2.75) is 63.7 Å². The number of rotatable bonds is 6. The van der Waals surface area contributed by atoms with E-state index in [2.05, 4.69) is 30.3 Å². The number of hydrogen-bond acceptors (Lipinski definition) is 3. The summed E-state index contributed by atoms with van der Waals surface area (Å²) in [5, 5.41) is 3.85. The number of likely N-dealkylation sites (tertiary alicyclic amines) is 1. The number of nitrogens with zero attached hydrogens (tertiary/aromatic N) is 1. The van der Waals surface area contributed by atoms with Crippen molar-refractivity contribution in [3.63, 3.8) is 0 Å². The van der Waals surface area contributed by atoms with Crippen LogP contribution in [0.15, 0.2) is 0 Å². The van der Waals surface area contributed by atoms with Crippen LogP contribution in [-0.4, -0.2) is 47.6 Å². The van der Waals surface area contributed by atoms with Gasteiger partial charge in [0.1, 0.15) is 0 Å². The summed E-state index contributed by atoms with van der Waals surface area (Å²) in [6.45, 7) is 5.98. The number of nitrogens with one attached hydrogen (secondary N) is 1. The summed E-state index contributed by atoms with van der Waals surface area (Å²) in [7, 11) is 0. The van der Waals surface area contributed by atoms with Crippen LogP contribution in [0.3, 0.4) is 0 Å². The first-order valence-corrected chi connectivity index (χ1v) is 8.14. The molecule has 0 amide bonds. The van der Waals surface area contributed by atoms with Crippen LogP contribution < -0.4 is 5.32 Å². The molecule has 3 atom stereocenters. The Morgan fingerprint density at radius 2 is 2.19 bits per heavy atom. The van der Waals surface area contributed by atoms with E-state index < -0.39 is 0 Å². The molecule has 1 saturated heterocycles. The maximum absolute atomic E-state index is 3.85. The SMILES string of the molecule is CCC(CSC)NC1CC(C)N(C2CC2)C1. The van der Waals surface area contributed by atoms with Crippen LogP contribution in [-0.2, 0) is 0 Å². The Hall–Kier alpha value is 0.270. The van der Waals surface area contributed by atoms with Gasteiger partial charge in [-0.05, 0) is 38.9 Å².